The summed E-state index contributed by atoms with van der Waals surface area (Å²) in [4.78, 5) is 24.4. The molecule has 1 amide bonds. The minimum Gasteiger partial charge on any atom is -0.481 e. The molecule has 4 heteroatoms. The molecule has 0 aromatic heterocycles. The Morgan fingerprint density at radius 1 is 1.53 bits per heavy atom. The second-order valence-electron chi connectivity index (χ2n) is 5.10. The minimum atomic E-state index is -0.885. The molecule has 1 unspecified atom stereocenters. The van der Waals surface area contributed by atoms with Crippen LogP contribution in [0.4, 0.5) is 0 Å². The lowest BCUT2D eigenvalue weighted by molar-refractivity contribution is -0.150. The van der Waals surface area contributed by atoms with Crippen LogP contribution in [0.3, 0.4) is 0 Å². The molecule has 1 heterocycles. The normalized spacial score (nSPS) is 23.0. The van der Waals surface area contributed by atoms with Crippen LogP contribution in [0.5, 0.6) is 0 Å². The van der Waals surface area contributed by atoms with E-state index in [4.69, 9.17) is 5.11 Å². The van der Waals surface area contributed by atoms with Gasteiger partial charge >= 0.3 is 5.97 Å². The first-order valence-electron chi connectivity index (χ1n) is 5.35. The van der Waals surface area contributed by atoms with Gasteiger partial charge in [-0.15, -0.1) is 0 Å². The highest BCUT2D eigenvalue weighted by molar-refractivity contribution is 5.84. The third-order valence-electron chi connectivity index (χ3n) is 2.78. The highest BCUT2D eigenvalue weighted by Gasteiger charge is 2.35. The average molecular weight is 213 g/mol. The number of nitrogens with zero attached hydrogens (tertiary/aromatic N) is 1. The van der Waals surface area contributed by atoms with Crippen LogP contribution in [0.25, 0.3) is 0 Å². The Labute approximate surface area is 90.3 Å². The smallest absolute Gasteiger partial charge is 0.304 e. The first-order valence-corrected chi connectivity index (χ1v) is 5.35. The van der Waals surface area contributed by atoms with Crippen LogP contribution in [0, 0.1) is 5.92 Å². The van der Waals surface area contributed by atoms with Crippen LogP contribution in [0.2, 0.25) is 0 Å². The molecule has 86 valence electrons. The number of carboxylic acids is 1. The van der Waals surface area contributed by atoms with Gasteiger partial charge in [0.15, 0.2) is 0 Å². The van der Waals surface area contributed by atoms with Crippen molar-refractivity contribution < 1.29 is 14.7 Å². The SMILES string of the molecule is CC(C)(C)N1CCCC(CC(=O)O)C1=O. The van der Waals surface area contributed by atoms with Crippen LogP contribution in [-0.2, 0) is 9.59 Å². The first kappa shape index (κ1) is 12.0. The predicted octanol–water partition coefficient (Wildman–Crippen LogP) is 1.50. The Morgan fingerprint density at radius 3 is 2.60 bits per heavy atom. The fraction of sp³-hybridized carbons (Fsp3) is 0.818. The first-order chi connectivity index (χ1) is 6.82. The Hall–Kier alpha value is -1.06. The van der Waals surface area contributed by atoms with E-state index in [0.717, 1.165) is 13.0 Å². The third-order valence-corrected chi connectivity index (χ3v) is 2.78. The predicted molar refractivity (Wildman–Crippen MR) is 56.4 cm³/mol. The molecule has 0 aromatic rings. The zero-order chi connectivity index (χ0) is 11.6. The summed E-state index contributed by atoms with van der Waals surface area (Å²) in [6.45, 7) is 6.69. The molecular weight excluding hydrogens is 194 g/mol. The molecule has 0 bridgehead atoms. The standard InChI is InChI=1S/C11H19NO3/c1-11(2,3)12-6-4-5-8(10(12)15)7-9(13)14/h8H,4-7H2,1-3H3,(H,13,14). The van der Waals surface area contributed by atoms with E-state index in [1.54, 1.807) is 4.90 Å². The van der Waals surface area contributed by atoms with E-state index in [9.17, 15) is 9.59 Å². The molecular formula is C11H19NO3. The van der Waals surface area contributed by atoms with Crippen molar-refractivity contribution in [2.75, 3.05) is 6.54 Å². The van der Waals surface area contributed by atoms with Crippen molar-refractivity contribution in [3.8, 4) is 0 Å². The molecule has 1 N–H and O–H groups in total. The van der Waals surface area contributed by atoms with E-state index >= 15 is 0 Å². The minimum absolute atomic E-state index is 0.00356. The maximum absolute atomic E-state index is 12.0. The molecule has 4 nitrogen and oxygen atoms in total. The monoisotopic (exact) mass is 213 g/mol. The summed E-state index contributed by atoms with van der Waals surface area (Å²) in [5, 5.41) is 8.70. The molecule has 0 saturated carbocycles. The number of hydrogen-bond donors (Lipinski definition) is 1. The van der Waals surface area contributed by atoms with Crippen LogP contribution >= 0.6 is 0 Å². The van der Waals surface area contributed by atoms with Crippen molar-refractivity contribution in [2.24, 2.45) is 5.92 Å². The number of carboxylic acid groups (broad SMARTS) is 1. The molecule has 0 aromatic carbocycles. The summed E-state index contributed by atoms with van der Waals surface area (Å²) in [6.07, 6.45) is 1.57. The number of aliphatic carboxylic acids is 1. The highest BCUT2D eigenvalue weighted by Crippen LogP contribution is 2.26. The van der Waals surface area contributed by atoms with E-state index in [2.05, 4.69) is 0 Å². The van der Waals surface area contributed by atoms with Gasteiger partial charge in [0.05, 0.1) is 6.42 Å². The van der Waals surface area contributed by atoms with E-state index in [-0.39, 0.29) is 23.8 Å². The molecule has 1 saturated heterocycles. The molecule has 1 atom stereocenters. The van der Waals surface area contributed by atoms with Gasteiger partial charge in [-0.2, -0.15) is 0 Å². The number of amides is 1. The maximum atomic E-state index is 12.0. The van der Waals surface area contributed by atoms with E-state index in [1.165, 1.54) is 0 Å². The quantitative estimate of drug-likeness (QED) is 0.756. The van der Waals surface area contributed by atoms with Gasteiger partial charge in [-0.3, -0.25) is 9.59 Å². The van der Waals surface area contributed by atoms with Crippen molar-refractivity contribution in [1.82, 2.24) is 4.90 Å². The number of hydrogen-bond acceptors (Lipinski definition) is 2. The molecule has 1 rings (SSSR count). The van der Waals surface area contributed by atoms with Gasteiger partial charge in [0.1, 0.15) is 0 Å². The molecule has 1 fully saturated rings. The second-order valence-corrected chi connectivity index (χ2v) is 5.10. The summed E-state index contributed by atoms with van der Waals surface area (Å²) in [5.41, 5.74) is -0.200. The fourth-order valence-electron chi connectivity index (χ4n) is 2.02. The Bertz CT molecular complexity index is 267. The third kappa shape index (κ3) is 2.94. The zero-order valence-electron chi connectivity index (χ0n) is 9.62. The number of carbonyl (C=O) groups excluding carboxylic acids is 1. The van der Waals surface area contributed by atoms with Gasteiger partial charge in [0.2, 0.25) is 5.91 Å². The van der Waals surface area contributed by atoms with Crippen molar-refractivity contribution in [2.45, 2.75) is 45.6 Å². The average Bonchev–Trinajstić information content (AvgIpc) is 2.05. The van der Waals surface area contributed by atoms with Gasteiger partial charge in [-0.05, 0) is 33.6 Å². The lowest BCUT2D eigenvalue weighted by Crippen LogP contribution is -2.51. The van der Waals surface area contributed by atoms with Crippen LogP contribution in [0.1, 0.15) is 40.0 Å². The Balaban J connectivity index is 2.71. The lowest BCUT2D eigenvalue weighted by Gasteiger charge is -2.41. The second kappa shape index (κ2) is 4.21. The maximum Gasteiger partial charge on any atom is 0.304 e. The van der Waals surface area contributed by atoms with Crippen LogP contribution in [-0.4, -0.2) is 34.0 Å². The van der Waals surface area contributed by atoms with Gasteiger partial charge in [0.25, 0.3) is 0 Å². The van der Waals surface area contributed by atoms with Crippen LogP contribution < -0.4 is 0 Å². The topological polar surface area (TPSA) is 57.6 Å². The fourth-order valence-corrected chi connectivity index (χ4v) is 2.02. The van der Waals surface area contributed by atoms with Gasteiger partial charge in [-0.25, -0.2) is 0 Å². The highest BCUT2D eigenvalue weighted by atomic mass is 16.4. The van der Waals surface area contributed by atoms with Gasteiger partial charge in [-0.1, -0.05) is 0 Å². The van der Waals surface area contributed by atoms with Crippen molar-refractivity contribution in [3.05, 3.63) is 0 Å². The molecule has 0 radical (unpaired) electrons. The zero-order valence-corrected chi connectivity index (χ0v) is 9.62. The summed E-state index contributed by atoms with van der Waals surface area (Å²) < 4.78 is 0. The summed E-state index contributed by atoms with van der Waals surface area (Å²) in [7, 11) is 0. The largest absolute Gasteiger partial charge is 0.481 e. The Morgan fingerprint density at radius 2 is 2.13 bits per heavy atom. The van der Waals surface area contributed by atoms with E-state index in [0.29, 0.717) is 6.42 Å². The molecule has 0 spiro atoms. The number of likely N-dealkylation sites (tertiary alicyclic amines) is 1. The molecule has 0 aliphatic carbocycles. The van der Waals surface area contributed by atoms with Crippen molar-refractivity contribution in [1.29, 1.82) is 0 Å². The van der Waals surface area contributed by atoms with E-state index in [1.807, 2.05) is 20.8 Å². The van der Waals surface area contributed by atoms with Gasteiger partial charge in [0, 0.05) is 18.0 Å². The number of carbonyl (C=O) groups is 2. The van der Waals surface area contributed by atoms with Crippen molar-refractivity contribution >= 4 is 11.9 Å². The lowest BCUT2D eigenvalue weighted by atomic mass is 9.90. The number of piperidine rings is 1. The Kier molecular flexibility index (Phi) is 3.37. The number of rotatable bonds is 2. The van der Waals surface area contributed by atoms with Crippen molar-refractivity contribution in [3.63, 3.8) is 0 Å². The van der Waals surface area contributed by atoms with Gasteiger partial charge < -0.3 is 10.0 Å². The molecule has 1 aliphatic rings. The summed E-state index contributed by atoms with van der Waals surface area (Å²) >= 11 is 0. The van der Waals surface area contributed by atoms with Crippen LogP contribution in [0.15, 0.2) is 0 Å². The molecule has 15 heavy (non-hydrogen) atoms. The van der Waals surface area contributed by atoms with E-state index < -0.39 is 5.97 Å². The summed E-state index contributed by atoms with van der Waals surface area (Å²) in [5.74, 6) is -1.21. The summed E-state index contributed by atoms with van der Waals surface area (Å²) in [6, 6.07) is 0. The molecule has 1 aliphatic heterocycles.